The Labute approximate surface area is 172 Å². The molecule has 1 N–H and O–H groups in total. The number of benzene rings is 1. The number of nitrogens with zero attached hydrogens (tertiary/aromatic N) is 2. The molecule has 0 atom stereocenters. The predicted molar refractivity (Wildman–Crippen MR) is 114 cm³/mol. The highest BCUT2D eigenvalue weighted by atomic mass is 19.1. The van der Waals surface area contributed by atoms with E-state index in [-0.39, 0.29) is 36.1 Å². The summed E-state index contributed by atoms with van der Waals surface area (Å²) in [5.74, 6) is -0.343. The van der Waals surface area contributed by atoms with E-state index in [2.05, 4.69) is 9.88 Å². The van der Waals surface area contributed by atoms with Gasteiger partial charge in [0.2, 0.25) is 5.91 Å². The number of carbonyl (C=O) groups is 2. The molecule has 1 amide bonds. The van der Waals surface area contributed by atoms with Gasteiger partial charge in [0.25, 0.3) is 0 Å². The highest BCUT2D eigenvalue weighted by Crippen LogP contribution is 2.17. The second-order valence-electron chi connectivity index (χ2n) is 8.71. The monoisotopic (exact) mass is 401 g/mol. The maximum absolute atomic E-state index is 13.1. The van der Waals surface area contributed by atoms with Gasteiger partial charge in [-0.25, -0.2) is 4.39 Å². The first-order valence-electron chi connectivity index (χ1n) is 9.90. The molecule has 0 aliphatic rings. The van der Waals surface area contributed by atoms with Crippen LogP contribution in [0.25, 0.3) is 0 Å². The van der Waals surface area contributed by atoms with E-state index in [4.69, 9.17) is 0 Å². The highest BCUT2D eigenvalue weighted by Gasteiger charge is 2.20. The van der Waals surface area contributed by atoms with Crippen LogP contribution in [-0.2, 0) is 17.8 Å². The van der Waals surface area contributed by atoms with Crippen LogP contribution < -0.4 is 5.32 Å². The van der Waals surface area contributed by atoms with E-state index in [0.717, 1.165) is 29.9 Å². The molecule has 1 heterocycles. The Kier molecular flexibility index (Phi) is 7.36. The number of amides is 1. The van der Waals surface area contributed by atoms with Crippen LogP contribution in [0.15, 0.2) is 30.3 Å². The van der Waals surface area contributed by atoms with Crippen molar-refractivity contribution in [2.24, 2.45) is 0 Å². The van der Waals surface area contributed by atoms with Gasteiger partial charge >= 0.3 is 0 Å². The molecular weight excluding hydrogens is 369 g/mol. The van der Waals surface area contributed by atoms with Gasteiger partial charge in [-0.2, -0.15) is 0 Å². The van der Waals surface area contributed by atoms with Gasteiger partial charge < -0.3 is 9.88 Å². The van der Waals surface area contributed by atoms with Crippen LogP contribution in [0.3, 0.4) is 0 Å². The zero-order valence-corrected chi connectivity index (χ0v) is 18.3. The molecule has 2 rings (SSSR count). The number of hydrogen-bond acceptors (Lipinski definition) is 3. The number of nitrogens with one attached hydrogen (secondary N) is 1. The summed E-state index contributed by atoms with van der Waals surface area (Å²) < 4.78 is 15.2. The molecule has 29 heavy (non-hydrogen) atoms. The van der Waals surface area contributed by atoms with Crippen molar-refractivity contribution in [2.45, 2.75) is 53.1 Å². The summed E-state index contributed by atoms with van der Waals surface area (Å²) >= 11 is 0. The third-order valence-corrected chi connectivity index (χ3v) is 4.75. The molecular formula is C23H32FN3O2. The van der Waals surface area contributed by atoms with Crippen LogP contribution in [-0.4, -0.2) is 46.8 Å². The van der Waals surface area contributed by atoms with Crippen molar-refractivity contribution in [3.8, 4) is 0 Å². The van der Waals surface area contributed by atoms with E-state index in [1.54, 1.807) is 24.1 Å². The maximum Gasteiger partial charge on any atom is 0.234 e. The first-order valence-corrected chi connectivity index (χ1v) is 9.90. The Morgan fingerprint density at radius 2 is 1.72 bits per heavy atom. The summed E-state index contributed by atoms with van der Waals surface area (Å²) in [4.78, 5) is 26.6. The molecule has 2 aromatic rings. The van der Waals surface area contributed by atoms with Crippen LogP contribution in [0.2, 0.25) is 0 Å². The molecule has 6 heteroatoms. The molecule has 0 saturated heterocycles. The lowest BCUT2D eigenvalue weighted by Crippen LogP contribution is -2.45. The quantitative estimate of drug-likeness (QED) is 0.689. The number of rotatable bonds is 8. The van der Waals surface area contributed by atoms with E-state index in [1.807, 2.05) is 40.7 Å². The number of halogens is 1. The van der Waals surface area contributed by atoms with Gasteiger partial charge in [0.1, 0.15) is 5.82 Å². The summed E-state index contributed by atoms with van der Waals surface area (Å²) in [6, 6.07) is 8.41. The molecule has 0 bridgehead atoms. The summed E-state index contributed by atoms with van der Waals surface area (Å²) in [7, 11) is 1.77. The molecule has 0 fully saturated rings. The molecule has 158 valence electrons. The molecule has 0 aliphatic heterocycles. The third kappa shape index (κ3) is 6.82. The normalized spacial score (nSPS) is 11.7. The first kappa shape index (κ1) is 22.8. The van der Waals surface area contributed by atoms with E-state index >= 15 is 0 Å². The Hall–Kier alpha value is -2.47. The van der Waals surface area contributed by atoms with Crippen molar-refractivity contribution in [1.29, 1.82) is 0 Å². The Morgan fingerprint density at radius 1 is 1.10 bits per heavy atom. The number of Topliss-reactive ketones (excluding diaryl/α,β-unsaturated/α-hetero) is 1. The van der Waals surface area contributed by atoms with Crippen LogP contribution in [0, 0.1) is 19.7 Å². The van der Waals surface area contributed by atoms with Crippen molar-refractivity contribution in [3.05, 3.63) is 58.7 Å². The zero-order valence-electron chi connectivity index (χ0n) is 18.3. The number of aryl methyl sites for hydroxylation is 2. The number of likely N-dealkylation sites (N-methyl/N-ethyl adjacent to an activating group) is 1. The standard InChI is InChI=1S/C23H32FN3O2/c1-16-13-20(21(28)14-26(6)15-22(29)25-23(3,4)5)17(2)27(16)12-11-18-7-9-19(24)10-8-18/h7-10,13H,11-12,14-15H2,1-6H3,(H,25,29). The fourth-order valence-corrected chi connectivity index (χ4v) is 3.41. The van der Waals surface area contributed by atoms with Crippen LogP contribution in [0.4, 0.5) is 4.39 Å². The Bertz CT molecular complexity index is 863. The summed E-state index contributed by atoms with van der Waals surface area (Å²) in [5.41, 5.74) is 3.38. The Morgan fingerprint density at radius 3 is 2.31 bits per heavy atom. The molecule has 5 nitrogen and oxygen atoms in total. The number of ketones is 1. The second kappa shape index (κ2) is 9.35. The Balaban J connectivity index is 1.99. The van der Waals surface area contributed by atoms with E-state index in [0.29, 0.717) is 5.56 Å². The lowest BCUT2D eigenvalue weighted by atomic mass is 10.1. The fourth-order valence-electron chi connectivity index (χ4n) is 3.41. The van der Waals surface area contributed by atoms with Gasteiger partial charge in [0.05, 0.1) is 13.1 Å². The average Bonchev–Trinajstić information content (AvgIpc) is 2.87. The SMILES string of the molecule is Cc1cc(C(=O)CN(C)CC(=O)NC(C)(C)C)c(C)n1CCc1ccc(F)cc1. The minimum absolute atomic E-state index is 0.00260. The van der Waals surface area contributed by atoms with Gasteiger partial charge in [0, 0.05) is 29.0 Å². The van der Waals surface area contributed by atoms with Crippen molar-refractivity contribution >= 4 is 11.7 Å². The molecule has 1 aromatic carbocycles. The van der Waals surface area contributed by atoms with Crippen molar-refractivity contribution < 1.29 is 14.0 Å². The average molecular weight is 402 g/mol. The minimum atomic E-state index is -0.294. The van der Waals surface area contributed by atoms with Gasteiger partial charge in [-0.05, 0) is 71.8 Å². The number of aromatic nitrogens is 1. The summed E-state index contributed by atoms with van der Waals surface area (Å²) in [6.45, 7) is 10.8. The maximum atomic E-state index is 13.1. The van der Waals surface area contributed by atoms with Crippen molar-refractivity contribution in [1.82, 2.24) is 14.8 Å². The molecule has 1 aromatic heterocycles. The molecule has 0 spiro atoms. The fraction of sp³-hybridized carbons (Fsp3) is 0.478. The number of carbonyl (C=O) groups excluding carboxylic acids is 2. The lowest BCUT2D eigenvalue weighted by Gasteiger charge is -2.23. The molecule has 0 radical (unpaired) electrons. The molecule has 0 unspecified atom stereocenters. The second-order valence-corrected chi connectivity index (χ2v) is 8.71. The summed E-state index contributed by atoms with van der Waals surface area (Å²) in [5, 5.41) is 2.90. The third-order valence-electron chi connectivity index (χ3n) is 4.75. The molecule has 0 saturated carbocycles. The van der Waals surface area contributed by atoms with Crippen molar-refractivity contribution in [2.75, 3.05) is 20.1 Å². The van der Waals surface area contributed by atoms with E-state index in [1.165, 1.54) is 12.1 Å². The van der Waals surface area contributed by atoms with Gasteiger partial charge in [-0.15, -0.1) is 0 Å². The first-order chi connectivity index (χ1) is 13.5. The van der Waals surface area contributed by atoms with Gasteiger partial charge in [-0.1, -0.05) is 12.1 Å². The predicted octanol–water partition coefficient (Wildman–Crippen LogP) is 3.52. The topological polar surface area (TPSA) is 54.3 Å². The van der Waals surface area contributed by atoms with E-state index < -0.39 is 0 Å². The van der Waals surface area contributed by atoms with Gasteiger partial charge in [-0.3, -0.25) is 14.5 Å². The highest BCUT2D eigenvalue weighted by molar-refractivity contribution is 5.99. The smallest absolute Gasteiger partial charge is 0.234 e. The van der Waals surface area contributed by atoms with E-state index in [9.17, 15) is 14.0 Å². The van der Waals surface area contributed by atoms with Crippen molar-refractivity contribution in [3.63, 3.8) is 0 Å². The zero-order chi connectivity index (χ0) is 21.8. The molecule has 0 aliphatic carbocycles. The largest absolute Gasteiger partial charge is 0.350 e. The van der Waals surface area contributed by atoms with Gasteiger partial charge in [0.15, 0.2) is 5.78 Å². The summed E-state index contributed by atoms with van der Waals surface area (Å²) in [6.07, 6.45) is 0.761. The van der Waals surface area contributed by atoms with Crippen LogP contribution in [0.5, 0.6) is 0 Å². The van der Waals surface area contributed by atoms with Crippen LogP contribution in [0.1, 0.15) is 48.1 Å². The van der Waals surface area contributed by atoms with Crippen LogP contribution >= 0.6 is 0 Å². The lowest BCUT2D eigenvalue weighted by molar-refractivity contribution is -0.123. The minimum Gasteiger partial charge on any atom is -0.350 e. The number of hydrogen-bond donors (Lipinski definition) is 1.